The van der Waals surface area contributed by atoms with Crippen LogP contribution in [-0.4, -0.2) is 41.0 Å². The van der Waals surface area contributed by atoms with E-state index >= 15 is 0 Å². The minimum atomic E-state index is -4.72. The maximum Gasteiger partial charge on any atom is 0.469 e. The van der Waals surface area contributed by atoms with Crippen molar-refractivity contribution < 1.29 is 37.9 Å². The van der Waals surface area contributed by atoms with Gasteiger partial charge in [-0.2, -0.15) is 0 Å². The first-order valence-electron chi connectivity index (χ1n) is 16.6. The van der Waals surface area contributed by atoms with Crippen LogP contribution in [0.2, 0.25) is 0 Å². The molecule has 0 amide bonds. The molecular weight excluding hydrogens is 555 g/mol. The molecule has 0 aliphatic heterocycles. The predicted octanol–water partition coefficient (Wildman–Crippen LogP) is 9.29. The van der Waals surface area contributed by atoms with Crippen molar-refractivity contribution in [3.8, 4) is 0 Å². The zero-order valence-electron chi connectivity index (χ0n) is 26.6. The van der Waals surface area contributed by atoms with Gasteiger partial charge in [-0.15, -0.1) is 0 Å². The average Bonchev–Trinajstić information content (AvgIpc) is 2.94. The fourth-order valence-electron chi connectivity index (χ4n) is 4.50. The van der Waals surface area contributed by atoms with Crippen LogP contribution in [0.5, 0.6) is 0 Å². The molecule has 0 aromatic rings. The number of phosphoric ester groups is 1. The van der Waals surface area contributed by atoms with E-state index in [2.05, 4.69) is 35.8 Å². The van der Waals surface area contributed by atoms with E-state index < -0.39 is 32.5 Å². The van der Waals surface area contributed by atoms with Crippen molar-refractivity contribution in [1.82, 2.24) is 0 Å². The summed E-state index contributed by atoms with van der Waals surface area (Å²) in [5.41, 5.74) is 0. The van der Waals surface area contributed by atoms with E-state index in [-0.39, 0.29) is 19.4 Å². The Kier molecular flexibility index (Phi) is 28.6. The molecule has 0 aromatic carbocycles. The summed E-state index contributed by atoms with van der Waals surface area (Å²) in [4.78, 5) is 41.5. The molecule has 0 aliphatic carbocycles. The van der Waals surface area contributed by atoms with Gasteiger partial charge >= 0.3 is 19.8 Å². The molecule has 246 valence electrons. The van der Waals surface area contributed by atoms with Crippen molar-refractivity contribution in [3.63, 3.8) is 0 Å². The Bertz CT molecular complexity index is 746. The molecule has 0 radical (unpaired) electrons. The molecular formula is C33H61O8P. The third-order valence-corrected chi connectivity index (χ3v) is 7.43. The number of phosphoric acid groups is 1. The van der Waals surface area contributed by atoms with Crippen molar-refractivity contribution in [2.75, 3.05) is 13.2 Å². The number of carbonyl (C=O) groups is 2. The Morgan fingerprint density at radius 1 is 0.619 bits per heavy atom. The highest BCUT2D eigenvalue weighted by Crippen LogP contribution is 2.35. The molecule has 0 heterocycles. The van der Waals surface area contributed by atoms with E-state index in [9.17, 15) is 14.2 Å². The van der Waals surface area contributed by atoms with E-state index in [4.69, 9.17) is 19.3 Å². The molecule has 0 aliphatic rings. The molecule has 0 fully saturated rings. The summed E-state index contributed by atoms with van der Waals surface area (Å²) in [6.45, 7) is 3.25. The number of allylic oxidation sites excluding steroid dienone is 4. The number of rotatable bonds is 30. The van der Waals surface area contributed by atoms with Crippen LogP contribution in [0.3, 0.4) is 0 Å². The lowest BCUT2D eigenvalue weighted by molar-refractivity contribution is -0.161. The fourth-order valence-corrected chi connectivity index (χ4v) is 4.86. The minimum Gasteiger partial charge on any atom is -0.462 e. The second-order valence-electron chi connectivity index (χ2n) is 11.1. The van der Waals surface area contributed by atoms with Crippen molar-refractivity contribution in [3.05, 3.63) is 24.3 Å². The lowest BCUT2D eigenvalue weighted by Crippen LogP contribution is -2.29. The zero-order valence-corrected chi connectivity index (χ0v) is 27.5. The van der Waals surface area contributed by atoms with Crippen LogP contribution in [0, 0.1) is 0 Å². The van der Waals surface area contributed by atoms with Gasteiger partial charge in [0.05, 0.1) is 6.61 Å². The lowest BCUT2D eigenvalue weighted by atomic mass is 10.0. The second kappa shape index (κ2) is 29.6. The Morgan fingerprint density at radius 2 is 1.12 bits per heavy atom. The van der Waals surface area contributed by atoms with Gasteiger partial charge in [-0.05, 0) is 44.9 Å². The first-order chi connectivity index (χ1) is 20.3. The normalized spacial score (nSPS) is 12.8. The van der Waals surface area contributed by atoms with Crippen LogP contribution >= 0.6 is 7.82 Å². The third kappa shape index (κ3) is 31.5. The van der Waals surface area contributed by atoms with Gasteiger partial charge in [-0.3, -0.25) is 14.1 Å². The van der Waals surface area contributed by atoms with Crippen molar-refractivity contribution in [1.29, 1.82) is 0 Å². The predicted molar refractivity (Wildman–Crippen MR) is 170 cm³/mol. The summed E-state index contributed by atoms with van der Waals surface area (Å²) in [6, 6.07) is 0. The summed E-state index contributed by atoms with van der Waals surface area (Å²) < 4.78 is 25.6. The first kappa shape index (κ1) is 40.5. The average molecular weight is 617 g/mol. The molecule has 0 spiro atoms. The Balaban J connectivity index is 3.65. The Labute approximate surface area is 256 Å². The highest BCUT2D eigenvalue weighted by atomic mass is 31.2. The van der Waals surface area contributed by atoms with Gasteiger partial charge in [0, 0.05) is 12.8 Å². The Hall–Kier alpha value is -1.47. The van der Waals surface area contributed by atoms with Gasteiger partial charge in [-0.1, -0.05) is 122 Å². The summed E-state index contributed by atoms with van der Waals surface area (Å²) in [5.74, 6) is -0.948. The fraction of sp³-hybridized carbons (Fsp3) is 0.818. The van der Waals surface area contributed by atoms with Crippen LogP contribution in [0.4, 0.5) is 0 Å². The topological polar surface area (TPSA) is 119 Å². The summed E-state index contributed by atoms with van der Waals surface area (Å²) >= 11 is 0. The molecule has 0 bridgehead atoms. The SMILES string of the molecule is CCCCCCC/C=C\C/C=C\CCCCCCCCCCCCCC(=O)OC(COC(=O)CCC)COP(=O)(O)O. The van der Waals surface area contributed by atoms with E-state index in [1.54, 1.807) is 0 Å². The second-order valence-corrected chi connectivity index (χ2v) is 12.4. The van der Waals surface area contributed by atoms with Crippen LogP contribution in [0.15, 0.2) is 24.3 Å². The van der Waals surface area contributed by atoms with Crippen molar-refractivity contribution in [2.24, 2.45) is 0 Å². The van der Waals surface area contributed by atoms with Gasteiger partial charge in [0.1, 0.15) is 6.61 Å². The van der Waals surface area contributed by atoms with E-state index in [1.165, 1.54) is 89.9 Å². The maximum atomic E-state index is 12.1. The number of esters is 2. The molecule has 8 nitrogen and oxygen atoms in total. The monoisotopic (exact) mass is 616 g/mol. The third-order valence-electron chi connectivity index (χ3n) is 6.94. The molecule has 9 heteroatoms. The number of ether oxygens (including phenoxy) is 2. The van der Waals surface area contributed by atoms with Crippen molar-refractivity contribution >= 4 is 19.8 Å². The number of unbranched alkanes of at least 4 members (excludes halogenated alkanes) is 16. The summed E-state index contributed by atoms with van der Waals surface area (Å²) in [5, 5.41) is 0. The lowest BCUT2D eigenvalue weighted by Gasteiger charge is -2.18. The molecule has 0 rings (SSSR count). The highest BCUT2D eigenvalue weighted by Gasteiger charge is 2.22. The van der Waals surface area contributed by atoms with Crippen molar-refractivity contribution in [2.45, 2.75) is 161 Å². The number of hydrogen-bond acceptors (Lipinski definition) is 6. The van der Waals surface area contributed by atoms with E-state index in [1.807, 2.05) is 6.92 Å². The smallest absolute Gasteiger partial charge is 0.462 e. The molecule has 1 unspecified atom stereocenters. The standard InChI is InChI=1S/C33H61O8P/c1-3-5-6-7-8-9-10-11-12-13-14-15-16-17-18-19-20-21-22-23-24-25-26-28-33(35)41-31(30-40-42(36,37)38)29-39-32(34)27-4-2/h10-11,13-14,31H,3-9,12,15-30H2,1-2H3,(H2,36,37,38)/b11-10-,14-13-. The van der Waals surface area contributed by atoms with Gasteiger partial charge in [-0.25, -0.2) is 4.57 Å². The molecule has 0 saturated heterocycles. The molecule has 1 atom stereocenters. The van der Waals surface area contributed by atoms with Gasteiger partial charge < -0.3 is 19.3 Å². The maximum absolute atomic E-state index is 12.1. The first-order valence-corrected chi connectivity index (χ1v) is 18.2. The number of hydrogen-bond donors (Lipinski definition) is 2. The minimum absolute atomic E-state index is 0.209. The highest BCUT2D eigenvalue weighted by molar-refractivity contribution is 7.46. The van der Waals surface area contributed by atoms with Crippen LogP contribution in [0.1, 0.15) is 155 Å². The van der Waals surface area contributed by atoms with Gasteiger partial charge in [0.2, 0.25) is 0 Å². The molecule has 42 heavy (non-hydrogen) atoms. The molecule has 0 aromatic heterocycles. The van der Waals surface area contributed by atoms with Crippen LogP contribution in [-0.2, 0) is 28.2 Å². The van der Waals surface area contributed by atoms with E-state index in [0.29, 0.717) is 12.8 Å². The van der Waals surface area contributed by atoms with Gasteiger partial charge in [0.15, 0.2) is 6.10 Å². The summed E-state index contributed by atoms with van der Waals surface area (Å²) in [6.07, 6.45) is 32.2. The molecule has 2 N–H and O–H groups in total. The number of carbonyl (C=O) groups excluding carboxylic acids is 2. The summed E-state index contributed by atoms with van der Waals surface area (Å²) in [7, 11) is -4.72. The zero-order chi connectivity index (χ0) is 31.2. The van der Waals surface area contributed by atoms with Crippen LogP contribution in [0.25, 0.3) is 0 Å². The Morgan fingerprint density at radius 3 is 1.62 bits per heavy atom. The largest absolute Gasteiger partial charge is 0.469 e. The quantitative estimate of drug-likeness (QED) is 0.0355. The molecule has 0 saturated carbocycles. The van der Waals surface area contributed by atoms with Crippen LogP contribution < -0.4 is 0 Å². The van der Waals surface area contributed by atoms with E-state index in [0.717, 1.165) is 25.7 Å². The van der Waals surface area contributed by atoms with Gasteiger partial charge in [0.25, 0.3) is 0 Å².